The van der Waals surface area contributed by atoms with E-state index >= 15 is 0 Å². The average Bonchev–Trinajstić information content (AvgIpc) is 2.88. The number of hydrogen-bond donors (Lipinski definition) is 1. The van der Waals surface area contributed by atoms with Crippen LogP contribution in [0.15, 0.2) is 78.9 Å². The second-order valence-electron chi connectivity index (χ2n) is 8.51. The molecule has 5 heteroatoms. The number of nitrogens with one attached hydrogen (secondary N) is 1. The molecule has 0 saturated carbocycles. The van der Waals surface area contributed by atoms with Gasteiger partial charge in [-0.1, -0.05) is 42.5 Å². The molecule has 5 nitrogen and oxygen atoms in total. The number of carbonyl (C=O) groups is 2. The lowest BCUT2D eigenvalue weighted by Crippen LogP contribution is -2.33. The number of rotatable bonds is 7. The quantitative estimate of drug-likeness (QED) is 0.525. The molecule has 33 heavy (non-hydrogen) atoms. The van der Waals surface area contributed by atoms with Gasteiger partial charge in [-0.25, -0.2) is 0 Å². The Balaban J connectivity index is 1.38. The Morgan fingerprint density at radius 1 is 0.848 bits per heavy atom. The van der Waals surface area contributed by atoms with Gasteiger partial charge >= 0.3 is 0 Å². The van der Waals surface area contributed by atoms with E-state index in [0.29, 0.717) is 24.1 Å². The maximum Gasteiger partial charge on any atom is 0.258 e. The van der Waals surface area contributed by atoms with Crippen molar-refractivity contribution in [3.05, 3.63) is 90.0 Å². The molecule has 0 bridgehead atoms. The van der Waals surface area contributed by atoms with E-state index in [1.54, 1.807) is 29.2 Å². The molecule has 170 valence electrons. The number of benzene rings is 3. The van der Waals surface area contributed by atoms with E-state index in [1.807, 2.05) is 55.6 Å². The van der Waals surface area contributed by atoms with Crippen LogP contribution in [0.25, 0.3) is 0 Å². The highest BCUT2D eigenvalue weighted by Crippen LogP contribution is 2.31. The van der Waals surface area contributed by atoms with Gasteiger partial charge in [-0.2, -0.15) is 0 Å². The zero-order valence-corrected chi connectivity index (χ0v) is 19.2. The van der Waals surface area contributed by atoms with Gasteiger partial charge in [0.2, 0.25) is 5.91 Å². The second kappa shape index (κ2) is 10.8. The van der Waals surface area contributed by atoms with Crippen molar-refractivity contribution < 1.29 is 9.59 Å². The highest BCUT2D eigenvalue weighted by Gasteiger charge is 2.20. The number of carbonyl (C=O) groups excluding carboxylic acids is 2. The molecular weight excluding hydrogens is 410 g/mol. The molecule has 1 N–H and O–H groups in total. The molecule has 3 aromatic carbocycles. The van der Waals surface area contributed by atoms with Gasteiger partial charge in [0.15, 0.2) is 0 Å². The summed E-state index contributed by atoms with van der Waals surface area (Å²) < 4.78 is 0. The molecule has 0 unspecified atom stereocenters. The summed E-state index contributed by atoms with van der Waals surface area (Å²) in [5, 5.41) is 2.92. The van der Waals surface area contributed by atoms with Crippen LogP contribution in [0.3, 0.4) is 0 Å². The highest BCUT2D eigenvalue weighted by molar-refractivity contribution is 6.07. The maximum atomic E-state index is 13.2. The van der Waals surface area contributed by atoms with E-state index < -0.39 is 0 Å². The van der Waals surface area contributed by atoms with Crippen LogP contribution in [0, 0.1) is 0 Å². The van der Waals surface area contributed by atoms with Crippen molar-refractivity contribution >= 4 is 28.9 Å². The van der Waals surface area contributed by atoms with E-state index in [2.05, 4.69) is 16.3 Å². The lowest BCUT2D eigenvalue weighted by Gasteiger charge is -2.32. The number of hydrogen-bond acceptors (Lipinski definition) is 3. The standard InChI is InChI=1S/C28H31N3O2/c1-30(25-12-6-7-13-26(25)31-20-8-3-9-21-31)28(33)23-15-17-24(18-16-23)29-27(32)19-14-22-10-4-2-5-11-22/h2,4-7,10-13,15-18H,3,8-9,14,19-21H2,1H3,(H,29,32). The molecule has 0 radical (unpaired) electrons. The van der Waals surface area contributed by atoms with Crippen molar-refractivity contribution in [2.24, 2.45) is 0 Å². The number of piperidine rings is 1. The SMILES string of the molecule is CN(C(=O)c1ccc(NC(=O)CCc2ccccc2)cc1)c1ccccc1N1CCCCC1. The summed E-state index contributed by atoms with van der Waals surface area (Å²) >= 11 is 0. The summed E-state index contributed by atoms with van der Waals surface area (Å²) in [6.07, 6.45) is 4.75. The van der Waals surface area contributed by atoms with Crippen LogP contribution in [-0.2, 0) is 11.2 Å². The molecular formula is C28H31N3O2. The molecule has 4 rings (SSSR count). The minimum Gasteiger partial charge on any atom is -0.370 e. The second-order valence-corrected chi connectivity index (χ2v) is 8.51. The Labute approximate surface area is 196 Å². The molecule has 0 spiro atoms. The molecule has 2 amide bonds. The molecule has 3 aromatic rings. The number of anilines is 3. The molecule has 0 atom stereocenters. The fourth-order valence-corrected chi connectivity index (χ4v) is 4.28. The lowest BCUT2D eigenvalue weighted by molar-refractivity contribution is -0.116. The van der Waals surface area contributed by atoms with Crippen molar-refractivity contribution in [2.75, 3.05) is 35.3 Å². The van der Waals surface area contributed by atoms with E-state index in [9.17, 15) is 9.59 Å². The van der Waals surface area contributed by atoms with Gasteiger partial charge in [0, 0.05) is 37.8 Å². The fraction of sp³-hybridized carbons (Fsp3) is 0.286. The van der Waals surface area contributed by atoms with E-state index in [0.717, 1.165) is 30.0 Å². The van der Waals surface area contributed by atoms with E-state index in [4.69, 9.17) is 0 Å². The minimum atomic E-state index is -0.0681. The monoisotopic (exact) mass is 441 g/mol. The number of amides is 2. The number of aryl methyl sites for hydroxylation is 1. The Morgan fingerprint density at radius 3 is 2.24 bits per heavy atom. The molecule has 1 saturated heterocycles. The predicted molar refractivity (Wildman–Crippen MR) is 135 cm³/mol. The van der Waals surface area contributed by atoms with Gasteiger partial charge in [-0.15, -0.1) is 0 Å². The first-order chi connectivity index (χ1) is 16.1. The van der Waals surface area contributed by atoms with Crippen LogP contribution >= 0.6 is 0 Å². The van der Waals surface area contributed by atoms with Crippen LogP contribution < -0.4 is 15.1 Å². The van der Waals surface area contributed by atoms with Crippen LogP contribution in [0.2, 0.25) is 0 Å². The van der Waals surface area contributed by atoms with Crippen molar-refractivity contribution in [3.8, 4) is 0 Å². The third-order valence-electron chi connectivity index (χ3n) is 6.14. The van der Waals surface area contributed by atoms with Crippen LogP contribution in [-0.4, -0.2) is 32.0 Å². The number of para-hydroxylation sites is 2. The first-order valence-corrected chi connectivity index (χ1v) is 11.7. The fourth-order valence-electron chi connectivity index (χ4n) is 4.28. The molecule has 1 aliphatic rings. The van der Waals surface area contributed by atoms with Gasteiger partial charge < -0.3 is 15.1 Å². The van der Waals surface area contributed by atoms with Crippen LogP contribution in [0.1, 0.15) is 41.6 Å². The summed E-state index contributed by atoms with van der Waals surface area (Å²) in [5.41, 5.74) is 4.45. The van der Waals surface area contributed by atoms with Gasteiger partial charge in [0.25, 0.3) is 5.91 Å². The maximum absolute atomic E-state index is 13.2. The third-order valence-corrected chi connectivity index (χ3v) is 6.14. The lowest BCUT2D eigenvalue weighted by atomic mass is 10.1. The first-order valence-electron chi connectivity index (χ1n) is 11.7. The van der Waals surface area contributed by atoms with Gasteiger partial charge in [0.05, 0.1) is 11.4 Å². The molecule has 0 aliphatic carbocycles. The molecule has 1 heterocycles. The van der Waals surface area contributed by atoms with Crippen LogP contribution in [0.5, 0.6) is 0 Å². The molecule has 1 fully saturated rings. The van der Waals surface area contributed by atoms with Crippen LogP contribution in [0.4, 0.5) is 17.1 Å². The molecule has 0 aromatic heterocycles. The Hall–Kier alpha value is -3.60. The molecule has 1 aliphatic heterocycles. The summed E-state index contributed by atoms with van der Waals surface area (Å²) in [6.45, 7) is 2.05. The average molecular weight is 442 g/mol. The van der Waals surface area contributed by atoms with Gasteiger partial charge in [-0.3, -0.25) is 9.59 Å². The van der Waals surface area contributed by atoms with Gasteiger partial charge in [-0.05, 0) is 67.6 Å². The van der Waals surface area contributed by atoms with E-state index in [1.165, 1.54) is 19.3 Å². The predicted octanol–water partition coefficient (Wildman–Crippen LogP) is 5.52. The third kappa shape index (κ3) is 5.80. The Morgan fingerprint density at radius 2 is 1.52 bits per heavy atom. The van der Waals surface area contributed by atoms with Crippen molar-refractivity contribution in [1.82, 2.24) is 0 Å². The zero-order chi connectivity index (χ0) is 23.0. The summed E-state index contributed by atoms with van der Waals surface area (Å²) in [5.74, 6) is -0.105. The van der Waals surface area contributed by atoms with Gasteiger partial charge in [0.1, 0.15) is 0 Å². The number of nitrogens with zero attached hydrogens (tertiary/aromatic N) is 2. The normalized spacial score (nSPS) is 13.4. The minimum absolute atomic E-state index is 0.0366. The largest absolute Gasteiger partial charge is 0.370 e. The Kier molecular flexibility index (Phi) is 7.40. The van der Waals surface area contributed by atoms with E-state index in [-0.39, 0.29) is 11.8 Å². The van der Waals surface area contributed by atoms with Crippen molar-refractivity contribution in [3.63, 3.8) is 0 Å². The zero-order valence-electron chi connectivity index (χ0n) is 19.2. The first kappa shape index (κ1) is 22.6. The highest BCUT2D eigenvalue weighted by atomic mass is 16.2. The van der Waals surface area contributed by atoms with Crippen molar-refractivity contribution in [1.29, 1.82) is 0 Å². The smallest absolute Gasteiger partial charge is 0.258 e. The topological polar surface area (TPSA) is 52.7 Å². The summed E-state index contributed by atoms with van der Waals surface area (Å²) in [4.78, 5) is 29.6. The van der Waals surface area contributed by atoms with Crippen molar-refractivity contribution in [2.45, 2.75) is 32.1 Å². The summed E-state index contributed by atoms with van der Waals surface area (Å²) in [6, 6.07) is 25.2. The Bertz CT molecular complexity index is 1070. The summed E-state index contributed by atoms with van der Waals surface area (Å²) in [7, 11) is 1.82.